The van der Waals surface area contributed by atoms with Crippen LogP contribution in [0.25, 0.3) is 0 Å². The van der Waals surface area contributed by atoms with Gasteiger partial charge in [-0.15, -0.1) is 0 Å². The third kappa shape index (κ3) is 3.97. The number of piperidine rings is 1. The quantitative estimate of drug-likeness (QED) is 0.666. The number of amides is 1. The number of hydrogen-bond acceptors (Lipinski definition) is 4. The van der Waals surface area contributed by atoms with Crippen LogP contribution in [0.4, 0.5) is 5.69 Å². The second kappa shape index (κ2) is 6.93. The molecular formula is C15H19BrN2O3. The Bertz CT molecular complexity index is 554. The summed E-state index contributed by atoms with van der Waals surface area (Å²) < 4.78 is 6.25. The molecule has 1 fully saturated rings. The van der Waals surface area contributed by atoms with Gasteiger partial charge in [-0.3, -0.25) is 9.59 Å². The summed E-state index contributed by atoms with van der Waals surface area (Å²) in [6, 6.07) is 3.31. The van der Waals surface area contributed by atoms with E-state index in [9.17, 15) is 9.59 Å². The number of ketones is 1. The van der Waals surface area contributed by atoms with Crippen molar-refractivity contribution in [1.29, 1.82) is 0 Å². The van der Waals surface area contributed by atoms with Crippen LogP contribution in [0.15, 0.2) is 16.6 Å². The fourth-order valence-electron chi connectivity index (χ4n) is 2.41. The molecule has 21 heavy (non-hydrogen) atoms. The molecule has 1 aliphatic heterocycles. The van der Waals surface area contributed by atoms with E-state index in [1.165, 1.54) is 13.3 Å². The third-order valence-electron chi connectivity index (χ3n) is 3.51. The van der Waals surface area contributed by atoms with Gasteiger partial charge < -0.3 is 15.4 Å². The molecule has 1 aromatic carbocycles. The first-order valence-corrected chi connectivity index (χ1v) is 7.79. The number of carbonyl (C=O) groups is 2. The fraction of sp³-hybridized carbons (Fsp3) is 0.467. The first-order valence-electron chi connectivity index (χ1n) is 6.99. The van der Waals surface area contributed by atoms with E-state index < -0.39 is 0 Å². The molecule has 2 rings (SSSR count). The third-order valence-corrected chi connectivity index (χ3v) is 3.97. The Balaban J connectivity index is 2.08. The maximum Gasteiger partial charge on any atom is 0.260 e. The molecule has 1 heterocycles. The highest BCUT2D eigenvalue weighted by Crippen LogP contribution is 2.31. The number of likely N-dealkylation sites (tertiary alicyclic amines) is 1. The summed E-state index contributed by atoms with van der Waals surface area (Å²) in [6.45, 7) is 2.90. The van der Waals surface area contributed by atoms with Gasteiger partial charge in [0.05, 0.1) is 11.3 Å². The topological polar surface area (TPSA) is 72.6 Å². The first kappa shape index (κ1) is 15.8. The molecule has 2 N–H and O–H groups in total. The van der Waals surface area contributed by atoms with Crippen molar-refractivity contribution in [3.8, 4) is 5.75 Å². The maximum absolute atomic E-state index is 12.1. The number of benzene rings is 1. The number of Topliss-reactive ketones (excluding diaryl/α,β-unsaturated/α-hetero) is 1. The highest BCUT2D eigenvalue weighted by molar-refractivity contribution is 9.10. The van der Waals surface area contributed by atoms with Gasteiger partial charge >= 0.3 is 0 Å². The second-order valence-corrected chi connectivity index (χ2v) is 6.07. The largest absolute Gasteiger partial charge is 0.481 e. The molecule has 0 atom stereocenters. The highest BCUT2D eigenvalue weighted by Gasteiger charge is 2.19. The predicted octanol–water partition coefficient (Wildman–Crippen LogP) is 2.63. The fourth-order valence-corrected chi connectivity index (χ4v) is 2.88. The van der Waals surface area contributed by atoms with E-state index in [0.29, 0.717) is 15.7 Å². The normalized spacial score (nSPS) is 14.9. The number of anilines is 1. The molecule has 0 unspecified atom stereocenters. The molecule has 0 bridgehead atoms. The molecule has 1 saturated heterocycles. The highest BCUT2D eigenvalue weighted by atomic mass is 79.9. The van der Waals surface area contributed by atoms with E-state index >= 15 is 0 Å². The van der Waals surface area contributed by atoms with Gasteiger partial charge in [0.1, 0.15) is 0 Å². The van der Waals surface area contributed by atoms with Gasteiger partial charge in [-0.05, 0) is 38.3 Å². The van der Waals surface area contributed by atoms with E-state index in [1.807, 2.05) is 0 Å². The van der Waals surface area contributed by atoms with Crippen LogP contribution in [0.2, 0.25) is 0 Å². The lowest BCUT2D eigenvalue weighted by atomic mass is 10.1. The van der Waals surface area contributed by atoms with Gasteiger partial charge in [-0.25, -0.2) is 0 Å². The SMILES string of the molecule is CC(=O)c1cc(Br)cc(N)c1OCC(=O)N1CCCCC1. The summed E-state index contributed by atoms with van der Waals surface area (Å²) >= 11 is 3.30. The molecule has 0 aliphatic carbocycles. The van der Waals surface area contributed by atoms with Gasteiger partial charge in [-0.2, -0.15) is 0 Å². The van der Waals surface area contributed by atoms with Crippen LogP contribution in [-0.2, 0) is 4.79 Å². The lowest BCUT2D eigenvalue weighted by molar-refractivity contribution is -0.134. The van der Waals surface area contributed by atoms with Crippen molar-refractivity contribution in [2.75, 3.05) is 25.4 Å². The first-order chi connectivity index (χ1) is 9.99. The smallest absolute Gasteiger partial charge is 0.260 e. The van der Waals surface area contributed by atoms with E-state index in [2.05, 4.69) is 15.9 Å². The average molecular weight is 355 g/mol. The maximum atomic E-state index is 12.1. The van der Waals surface area contributed by atoms with Crippen LogP contribution in [-0.4, -0.2) is 36.3 Å². The number of hydrogen-bond donors (Lipinski definition) is 1. The molecule has 1 amide bonds. The van der Waals surface area contributed by atoms with Crippen molar-refractivity contribution in [2.45, 2.75) is 26.2 Å². The number of nitrogens with zero attached hydrogens (tertiary/aromatic N) is 1. The number of nitrogens with two attached hydrogens (primary N) is 1. The Morgan fingerprint density at radius 1 is 1.29 bits per heavy atom. The zero-order valence-electron chi connectivity index (χ0n) is 12.0. The zero-order valence-corrected chi connectivity index (χ0v) is 13.6. The van der Waals surface area contributed by atoms with E-state index in [1.54, 1.807) is 17.0 Å². The lowest BCUT2D eigenvalue weighted by Gasteiger charge is -2.26. The lowest BCUT2D eigenvalue weighted by Crippen LogP contribution is -2.38. The minimum Gasteiger partial charge on any atom is -0.481 e. The van der Waals surface area contributed by atoms with Gasteiger partial charge in [-0.1, -0.05) is 15.9 Å². The zero-order chi connectivity index (χ0) is 15.4. The summed E-state index contributed by atoms with van der Waals surface area (Å²) in [4.78, 5) is 25.6. The minimum absolute atomic E-state index is 0.0634. The van der Waals surface area contributed by atoms with E-state index in [0.717, 1.165) is 25.9 Å². The summed E-state index contributed by atoms with van der Waals surface area (Å²) in [5.74, 6) is 0.0750. The molecule has 0 saturated carbocycles. The van der Waals surface area contributed by atoms with Crippen molar-refractivity contribution in [1.82, 2.24) is 4.90 Å². The molecule has 5 nitrogen and oxygen atoms in total. The Hall–Kier alpha value is -1.56. The standard InChI is InChI=1S/C15H19BrN2O3/c1-10(19)12-7-11(16)8-13(17)15(12)21-9-14(20)18-5-3-2-4-6-18/h7-8H,2-6,9,17H2,1H3. The molecule has 1 aromatic rings. The second-order valence-electron chi connectivity index (χ2n) is 5.16. The molecule has 0 spiro atoms. The van der Waals surface area contributed by atoms with Crippen LogP contribution in [0.1, 0.15) is 36.5 Å². The number of carbonyl (C=O) groups excluding carboxylic acids is 2. The van der Waals surface area contributed by atoms with Gasteiger partial charge in [0, 0.05) is 17.6 Å². The minimum atomic E-state index is -0.150. The molecule has 6 heteroatoms. The molecular weight excluding hydrogens is 336 g/mol. The van der Waals surface area contributed by atoms with Crippen LogP contribution in [0.5, 0.6) is 5.75 Å². The summed E-state index contributed by atoms with van der Waals surface area (Å²) in [7, 11) is 0. The Kier molecular flexibility index (Phi) is 5.22. The van der Waals surface area contributed by atoms with Crippen molar-refractivity contribution in [3.05, 3.63) is 22.2 Å². The van der Waals surface area contributed by atoms with Crippen LogP contribution >= 0.6 is 15.9 Å². The monoisotopic (exact) mass is 354 g/mol. The van der Waals surface area contributed by atoms with Crippen LogP contribution in [0.3, 0.4) is 0 Å². The molecule has 0 radical (unpaired) electrons. The summed E-state index contributed by atoms with van der Waals surface area (Å²) in [6.07, 6.45) is 3.23. The predicted molar refractivity (Wildman–Crippen MR) is 84.5 cm³/mol. The Morgan fingerprint density at radius 2 is 1.95 bits per heavy atom. The van der Waals surface area contributed by atoms with Crippen LogP contribution in [0, 0.1) is 0 Å². The van der Waals surface area contributed by atoms with Crippen molar-refractivity contribution in [2.24, 2.45) is 0 Å². The van der Waals surface area contributed by atoms with Gasteiger partial charge in [0.25, 0.3) is 5.91 Å². The van der Waals surface area contributed by atoms with Crippen LogP contribution < -0.4 is 10.5 Å². The number of rotatable bonds is 4. The summed E-state index contributed by atoms with van der Waals surface area (Å²) in [5, 5.41) is 0. The van der Waals surface area contributed by atoms with E-state index in [-0.39, 0.29) is 24.0 Å². The van der Waals surface area contributed by atoms with Crippen molar-refractivity contribution in [3.63, 3.8) is 0 Å². The Labute approximate surface area is 132 Å². The average Bonchev–Trinajstić information content (AvgIpc) is 2.46. The van der Waals surface area contributed by atoms with Gasteiger partial charge in [0.2, 0.25) is 0 Å². The number of ether oxygens (including phenoxy) is 1. The van der Waals surface area contributed by atoms with Crippen molar-refractivity contribution >= 4 is 33.3 Å². The number of halogens is 1. The Morgan fingerprint density at radius 3 is 2.57 bits per heavy atom. The molecule has 1 aliphatic rings. The number of nitrogen functional groups attached to an aromatic ring is 1. The summed E-state index contributed by atoms with van der Waals surface area (Å²) in [5.41, 5.74) is 6.62. The van der Waals surface area contributed by atoms with Crippen molar-refractivity contribution < 1.29 is 14.3 Å². The van der Waals surface area contributed by atoms with E-state index in [4.69, 9.17) is 10.5 Å². The molecule has 0 aromatic heterocycles. The molecule has 114 valence electrons. The van der Waals surface area contributed by atoms with Gasteiger partial charge in [0.15, 0.2) is 18.1 Å².